The third-order valence-electron chi connectivity index (χ3n) is 3.98. The SMILES string of the molecule is CC[N+]1(C2CCCC2)CC(C)CN1. The lowest BCUT2D eigenvalue weighted by atomic mass is 10.1. The number of hydrogen-bond acceptors (Lipinski definition) is 1. The van der Waals surface area contributed by atoms with Crippen LogP contribution in [0.1, 0.15) is 39.5 Å². The van der Waals surface area contributed by atoms with Crippen molar-refractivity contribution in [2.24, 2.45) is 5.92 Å². The van der Waals surface area contributed by atoms with E-state index in [1.807, 2.05) is 0 Å². The lowest BCUT2D eigenvalue weighted by Gasteiger charge is -2.38. The molecule has 2 rings (SSSR count). The Labute approximate surface area is 81.9 Å². The third kappa shape index (κ3) is 1.62. The predicted molar refractivity (Wildman–Crippen MR) is 55.1 cm³/mol. The maximum absolute atomic E-state index is 3.75. The molecule has 2 nitrogen and oxygen atoms in total. The van der Waals surface area contributed by atoms with E-state index in [9.17, 15) is 0 Å². The molecule has 0 spiro atoms. The summed E-state index contributed by atoms with van der Waals surface area (Å²) in [5.41, 5.74) is 3.75. The lowest BCUT2D eigenvalue weighted by molar-refractivity contribution is -0.978. The first-order valence-corrected chi connectivity index (χ1v) is 5.89. The molecule has 0 radical (unpaired) electrons. The second kappa shape index (κ2) is 3.58. The highest BCUT2D eigenvalue weighted by atomic mass is 15.7. The Balaban J connectivity index is 2.06. The summed E-state index contributed by atoms with van der Waals surface area (Å²) in [6.45, 7) is 8.57. The largest absolute Gasteiger partial charge is 0.243 e. The van der Waals surface area contributed by atoms with E-state index in [-0.39, 0.29) is 0 Å². The van der Waals surface area contributed by atoms with Crippen LogP contribution in [0.25, 0.3) is 0 Å². The summed E-state index contributed by atoms with van der Waals surface area (Å²) in [6.07, 6.45) is 5.82. The van der Waals surface area contributed by atoms with Gasteiger partial charge in [0.05, 0.1) is 13.1 Å². The summed E-state index contributed by atoms with van der Waals surface area (Å²) in [4.78, 5) is 0. The summed E-state index contributed by atoms with van der Waals surface area (Å²) < 4.78 is 1.22. The van der Waals surface area contributed by atoms with Crippen LogP contribution < -0.4 is 5.43 Å². The highest BCUT2D eigenvalue weighted by Gasteiger charge is 2.42. The van der Waals surface area contributed by atoms with E-state index in [1.165, 1.54) is 49.9 Å². The van der Waals surface area contributed by atoms with E-state index in [1.54, 1.807) is 0 Å². The van der Waals surface area contributed by atoms with Crippen LogP contribution in [0.15, 0.2) is 0 Å². The van der Waals surface area contributed by atoms with Crippen molar-refractivity contribution in [2.45, 2.75) is 45.6 Å². The number of nitrogens with zero attached hydrogens (tertiary/aromatic N) is 1. The van der Waals surface area contributed by atoms with Crippen molar-refractivity contribution in [1.82, 2.24) is 5.43 Å². The van der Waals surface area contributed by atoms with Gasteiger partial charge in [-0.3, -0.25) is 0 Å². The molecular weight excluding hydrogens is 160 g/mol. The minimum absolute atomic E-state index is 0.876. The van der Waals surface area contributed by atoms with E-state index in [0.717, 1.165) is 12.0 Å². The monoisotopic (exact) mass is 183 g/mol. The molecule has 76 valence electrons. The van der Waals surface area contributed by atoms with Gasteiger partial charge in [0, 0.05) is 18.8 Å². The second-order valence-corrected chi connectivity index (χ2v) is 4.94. The Morgan fingerprint density at radius 2 is 2.00 bits per heavy atom. The molecule has 0 amide bonds. The molecule has 2 fully saturated rings. The second-order valence-electron chi connectivity index (χ2n) is 4.94. The van der Waals surface area contributed by atoms with Crippen LogP contribution in [-0.2, 0) is 0 Å². The highest BCUT2D eigenvalue weighted by Crippen LogP contribution is 2.31. The first-order chi connectivity index (χ1) is 6.27. The molecule has 1 aliphatic carbocycles. The fourth-order valence-electron chi connectivity index (χ4n) is 3.20. The third-order valence-corrected chi connectivity index (χ3v) is 3.98. The number of rotatable bonds is 2. The van der Waals surface area contributed by atoms with Crippen molar-refractivity contribution in [3.05, 3.63) is 0 Å². The van der Waals surface area contributed by atoms with Gasteiger partial charge in [-0.15, -0.1) is 0 Å². The van der Waals surface area contributed by atoms with E-state index < -0.39 is 0 Å². The average molecular weight is 183 g/mol. The molecule has 1 aliphatic heterocycles. The standard InChI is InChI=1S/C11H23N2/c1-3-13(9-10(2)8-12-13)11-6-4-5-7-11/h10-12H,3-9H2,1-2H3/q+1. The van der Waals surface area contributed by atoms with Crippen LogP contribution in [0.4, 0.5) is 0 Å². The predicted octanol–water partition coefficient (Wildman–Crippen LogP) is 1.92. The normalized spacial score (nSPS) is 41.5. The summed E-state index contributed by atoms with van der Waals surface area (Å²) in [5.74, 6) is 0.876. The minimum Gasteiger partial charge on any atom is -0.243 e. The number of hydrogen-bond donors (Lipinski definition) is 1. The Morgan fingerprint density at radius 3 is 2.46 bits per heavy atom. The van der Waals surface area contributed by atoms with E-state index in [0.29, 0.717) is 0 Å². The van der Waals surface area contributed by atoms with E-state index in [2.05, 4.69) is 19.3 Å². The fraction of sp³-hybridized carbons (Fsp3) is 1.00. The molecule has 1 N–H and O–H groups in total. The molecule has 2 atom stereocenters. The van der Waals surface area contributed by atoms with Gasteiger partial charge in [-0.05, 0) is 19.8 Å². The van der Waals surface area contributed by atoms with Crippen LogP contribution in [0, 0.1) is 5.92 Å². The molecule has 0 aromatic heterocycles. The zero-order valence-corrected chi connectivity index (χ0v) is 9.05. The van der Waals surface area contributed by atoms with Crippen LogP contribution in [0.5, 0.6) is 0 Å². The van der Waals surface area contributed by atoms with Crippen LogP contribution in [0.3, 0.4) is 0 Å². The molecule has 13 heavy (non-hydrogen) atoms. The van der Waals surface area contributed by atoms with Crippen molar-refractivity contribution >= 4 is 0 Å². The molecule has 2 unspecified atom stereocenters. The quantitative estimate of drug-likeness (QED) is 0.645. The zero-order valence-electron chi connectivity index (χ0n) is 9.05. The van der Waals surface area contributed by atoms with Gasteiger partial charge in [-0.1, -0.05) is 6.92 Å². The number of nitrogens with one attached hydrogen (secondary N) is 1. The summed E-state index contributed by atoms with van der Waals surface area (Å²) >= 11 is 0. The van der Waals surface area contributed by atoms with Crippen LogP contribution >= 0.6 is 0 Å². The van der Waals surface area contributed by atoms with Gasteiger partial charge < -0.3 is 0 Å². The summed E-state index contributed by atoms with van der Waals surface area (Å²) in [7, 11) is 0. The molecule has 2 aliphatic rings. The van der Waals surface area contributed by atoms with Crippen LogP contribution in [-0.4, -0.2) is 30.3 Å². The zero-order chi connectivity index (χ0) is 9.31. The van der Waals surface area contributed by atoms with Gasteiger partial charge in [0.25, 0.3) is 0 Å². The summed E-state index contributed by atoms with van der Waals surface area (Å²) in [5, 5.41) is 0. The number of quaternary nitrogens is 1. The lowest BCUT2D eigenvalue weighted by Crippen LogP contribution is -2.59. The highest BCUT2D eigenvalue weighted by molar-refractivity contribution is 4.72. The molecule has 1 saturated carbocycles. The minimum atomic E-state index is 0.876. The van der Waals surface area contributed by atoms with Gasteiger partial charge in [-0.2, -0.15) is 5.43 Å². The first kappa shape index (κ1) is 9.47. The van der Waals surface area contributed by atoms with Crippen molar-refractivity contribution in [3.8, 4) is 0 Å². The van der Waals surface area contributed by atoms with Crippen molar-refractivity contribution in [3.63, 3.8) is 0 Å². The van der Waals surface area contributed by atoms with Crippen molar-refractivity contribution < 1.29 is 4.59 Å². The Bertz CT molecular complexity index is 175. The van der Waals surface area contributed by atoms with Gasteiger partial charge in [0.2, 0.25) is 0 Å². The molecule has 2 heteroatoms. The molecule has 0 aromatic rings. The van der Waals surface area contributed by atoms with Gasteiger partial charge in [0.1, 0.15) is 12.6 Å². The maximum atomic E-state index is 3.75. The molecule has 1 saturated heterocycles. The Hall–Kier alpha value is -0.0800. The summed E-state index contributed by atoms with van der Waals surface area (Å²) in [6, 6.07) is 0.926. The van der Waals surface area contributed by atoms with Gasteiger partial charge >= 0.3 is 0 Å². The van der Waals surface area contributed by atoms with Gasteiger partial charge in [0.15, 0.2) is 0 Å². The Kier molecular flexibility index (Phi) is 2.61. The molecule has 1 heterocycles. The molecule has 0 aromatic carbocycles. The molecule has 0 bridgehead atoms. The van der Waals surface area contributed by atoms with Gasteiger partial charge in [-0.25, -0.2) is 4.59 Å². The fourth-order valence-corrected chi connectivity index (χ4v) is 3.20. The first-order valence-electron chi connectivity index (χ1n) is 5.89. The van der Waals surface area contributed by atoms with Crippen molar-refractivity contribution in [1.29, 1.82) is 0 Å². The average Bonchev–Trinajstić information content (AvgIpc) is 2.73. The van der Waals surface area contributed by atoms with E-state index >= 15 is 0 Å². The van der Waals surface area contributed by atoms with E-state index in [4.69, 9.17) is 0 Å². The molecular formula is C11H23N2+. The van der Waals surface area contributed by atoms with Crippen molar-refractivity contribution in [2.75, 3.05) is 19.6 Å². The van der Waals surface area contributed by atoms with Crippen LogP contribution in [0.2, 0.25) is 0 Å². The maximum Gasteiger partial charge on any atom is 0.106 e. The Morgan fingerprint density at radius 1 is 1.31 bits per heavy atom. The smallest absolute Gasteiger partial charge is 0.106 e. The topological polar surface area (TPSA) is 12.0 Å².